The van der Waals surface area contributed by atoms with Crippen LogP contribution in [0.4, 0.5) is 8.78 Å². The molecule has 1 atom stereocenters. The zero-order chi connectivity index (χ0) is 18.6. The number of aryl methyl sites for hydroxylation is 1. The molecule has 0 amide bonds. The smallest absolute Gasteiger partial charge is 0.270 e. The van der Waals surface area contributed by atoms with E-state index in [-0.39, 0.29) is 11.6 Å². The third-order valence-corrected chi connectivity index (χ3v) is 4.60. The molecule has 0 heterocycles. The molecule has 0 aliphatic rings. The number of benzene rings is 3. The van der Waals surface area contributed by atoms with Gasteiger partial charge in [0.15, 0.2) is 0 Å². The quantitative estimate of drug-likeness (QED) is 0.437. The average molecular weight is 351 g/mol. The lowest BCUT2D eigenvalue weighted by Gasteiger charge is -2.12. The first-order chi connectivity index (χ1) is 12.4. The third kappa shape index (κ3) is 4.34. The van der Waals surface area contributed by atoms with Crippen LogP contribution in [0, 0.1) is 0 Å². The van der Waals surface area contributed by atoms with Gasteiger partial charge in [0.1, 0.15) is 0 Å². The Bertz CT molecular complexity index is 904. The Labute approximate surface area is 153 Å². The molecule has 1 nitrogen and oxygen atoms in total. The zero-order valence-corrected chi connectivity index (χ0v) is 15.1. The first kappa shape index (κ1) is 18.2. The summed E-state index contributed by atoms with van der Waals surface area (Å²) in [5.41, 5.74) is 2.18. The lowest BCUT2D eigenvalue weighted by atomic mass is 10.00. The van der Waals surface area contributed by atoms with Crippen molar-refractivity contribution in [1.29, 1.82) is 0 Å². The third-order valence-electron chi connectivity index (χ3n) is 4.60. The lowest BCUT2D eigenvalue weighted by Crippen LogP contribution is -2.07. The Kier molecular flexibility index (Phi) is 5.46. The molecule has 0 fully saturated rings. The lowest BCUT2D eigenvalue weighted by molar-refractivity contribution is 0.0174. The molecule has 0 aliphatic heterocycles. The number of hydrogen-bond acceptors (Lipinski definition) is 1. The molecular weight excluding hydrogens is 328 g/mol. The second-order valence-corrected chi connectivity index (χ2v) is 6.70. The monoisotopic (exact) mass is 351 g/mol. The van der Waals surface area contributed by atoms with Gasteiger partial charge in [0.2, 0.25) is 0 Å². The van der Waals surface area contributed by atoms with Crippen LogP contribution >= 0.6 is 0 Å². The van der Waals surface area contributed by atoms with E-state index in [1.54, 1.807) is 12.1 Å². The summed E-state index contributed by atoms with van der Waals surface area (Å²) >= 11 is 0. The van der Waals surface area contributed by atoms with Gasteiger partial charge >= 0.3 is 0 Å². The van der Waals surface area contributed by atoms with Crippen molar-refractivity contribution in [2.45, 2.75) is 38.7 Å². The summed E-state index contributed by atoms with van der Waals surface area (Å²) in [5.74, 6) is -2.80. The van der Waals surface area contributed by atoms with Crippen LogP contribution in [-0.2, 0) is 12.3 Å². The van der Waals surface area contributed by atoms with Gasteiger partial charge in [-0.3, -0.25) is 4.99 Å². The molecule has 3 rings (SSSR count). The van der Waals surface area contributed by atoms with Gasteiger partial charge in [-0.15, -0.1) is 0 Å². The van der Waals surface area contributed by atoms with Gasteiger partial charge in [0, 0.05) is 12.5 Å². The summed E-state index contributed by atoms with van der Waals surface area (Å²) in [5, 5.41) is 2.43. The second kappa shape index (κ2) is 7.77. The fourth-order valence-corrected chi connectivity index (χ4v) is 3.16. The Hall–Kier alpha value is -2.55. The van der Waals surface area contributed by atoms with Gasteiger partial charge < -0.3 is 0 Å². The first-order valence-corrected chi connectivity index (χ1v) is 8.91. The molecular formula is C23H23F2N. The molecule has 0 radical (unpaired) electrons. The van der Waals surface area contributed by atoms with Crippen molar-refractivity contribution in [3.8, 4) is 0 Å². The number of fused-ring (bicyclic) bond motifs is 1. The van der Waals surface area contributed by atoms with Crippen LogP contribution in [0.25, 0.3) is 10.8 Å². The largest absolute Gasteiger partial charge is 0.290 e. The minimum Gasteiger partial charge on any atom is -0.290 e. The number of nitrogens with zero attached hydrogens (tertiary/aromatic N) is 1. The van der Waals surface area contributed by atoms with Crippen molar-refractivity contribution in [3.05, 3.63) is 83.4 Å². The Morgan fingerprint density at radius 1 is 1.00 bits per heavy atom. The van der Waals surface area contributed by atoms with Crippen LogP contribution in [0.5, 0.6) is 0 Å². The number of rotatable bonds is 6. The number of hydrogen-bond donors (Lipinski definition) is 0. The molecule has 3 heteroatoms. The van der Waals surface area contributed by atoms with Gasteiger partial charge in [-0.25, -0.2) is 8.78 Å². The maximum Gasteiger partial charge on any atom is 0.270 e. The van der Waals surface area contributed by atoms with E-state index >= 15 is 0 Å². The SMILES string of the molecule is CC(/N=C/CCc1cccc(C(C)(F)F)c1)c1cccc2ccccc12. The highest BCUT2D eigenvalue weighted by Crippen LogP contribution is 2.28. The number of aliphatic imine (C=N–C) groups is 1. The molecule has 0 saturated heterocycles. The van der Waals surface area contributed by atoms with Crippen LogP contribution in [0.15, 0.2) is 71.7 Å². The predicted molar refractivity (Wildman–Crippen MR) is 105 cm³/mol. The summed E-state index contributed by atoms with van der Waals surface area (Å²) in [6.07, 6.45) is 3.34. The standard InChI is InChI=1S/C23H23F2N/c1-17(21-14-6-11-19-10-3-4-13-22(19)21)26-15-7-9-18-8-5-12-20(16-18)23(2,24)25/h3-6,8,10-17H,7,9H2,1-2H3/b26-15+. The van der Waals surface area contributed by atoms with Gasteiger partial charge in [-0.05, 0) is 53.9 Å². The minimum atomic E-state index is -2.80. The summed E-state index contributed by atoms with van der Waals surface area (Å²) in [6.45, 7) is 3.01. The van der Waals surface area contributed by atoms with Crippen molar-refractivity contribution in [2.75, 3.05) is 0 Å². The van der Waals surface area contributed by atoms with Gasteiger partial charge in [0.25, 0.3) is 5.92 Å². The molecule has 1 unspecified atom stereocenters. The van der Waals surface area contributed by atoms with Gasteiger partial charge in [0.05, 0.1) is 6.04 Å². The van der Waals surface area contributed by atoms with Crippen LogP contribution in [-0.4, -0.2) is 6.21 Å². The van der Waals surface area contributed by atoms with Crippen molar-refractivity contribution in [2.24, 2.45) is 4.99 Å². The van der Waals surface area contributed by atoms with Crippen molar-refractivity contribution in [3.63, 3.8) is 0 Å². The van der Waals surface area contributed by atoms with Crippen molar-refractivity contribution < 1.29 is 8.78 Å². The summed E-state index contributed by atoms with van der Waals surface area (Å²) < 4.78 is 26.8. The number of alkyl halides is 2. The fourth-order valence-electron chi connectivity index (χ4n) is 3.16. The summed E-state index contributed by atoms with van der Waals surface area (Å²) in [4.78, 5) is 4.66. The Morgan fingerprint density at radius 2 is 1.73 bits per heavy atom. The van der Waals surface area contributed by atoms with E-state index in [4.69, 9.17) is 0 Å². The number of halogens is 2. The molecule has 0 N–H and O–H groups in total. The molecule has 26 heavy (non-hydrogen) atoms. The zero-order valence-electron chi connectivity index (χ0n) is 15.1. The maximum atomic E-state index is 13.4. The van der Waals surface area contributed by atoms with E-state index in [9.17, 15) is 8.78 Å². The topological polar surface area (TPSA) is 12.4 Å². The highest BCUT2D eigenvalue weighted by atomic mass is 19.3. The Balaban J connectivity index is 1.65. The highest BCUT2D eigenvalue weighted by molar-refractivity contribution is 5.86. The van der Waals surface area contributed by atoms with E-state index in [2.05, 4.69) is 42.2 Å². The van der Waals surface area contributed by atoms with Crippen molar-refractivity contribution in [1.82, 2.24) is 0 Å². The molecule has 3 aromatic rings. The molecule has 3 aromatic carbocycles. The second-order valence-electron chi connectivity index (χ2n) is 6.70. The minimum absolute atomic E-state index is 0.0624. The van der Waals surface area contributed by atoms with Crippen LogP contribution in [0.3, 0.4) is 0 Å². The summed E-state index contributed by atoms with van der Waals surface area (Å²) in [7, 11) is 0. The van der Waals surface area contributed by atoms with Gasteiger partial charge in [-0.2, -0.15) is 0 Å². The summed E-state index contributed by atoms with van der Waals surface area (Å²) in [6, 6.07) is 21.3. The molecule has 134 valence electrons. The van der Waals surface area contributed by atoms with Crippen molar-refractivity contribution >= 4 is 17.0 Å². The van der Waals surface area contributed by atoms with E-state index < -0.39 is 5.92 Å². The van der Waals surface area contributed by atoms with E-state index in [0.29, 0.717) is 6.42 Å². The maximum absolute atomic E-state index is 13.4. The van der Waals surface area contributed by atoms with Crippen LogP contribution in [0.1, 0.15) is 43.0 Å². The average Bonchev–Trinajstić information content (AvgIpc) is 2.64. The molecule has 0 bridgehead atoms. The predicted octanol–water partition coefficient (Wildman–Crippen LogP) is 6.72. The first-order valence-electron chi connectivity index (χ1n) is 8.91. The highest BCUT2D eigenvalue weighted by Gasteiger charge is 2.23. The normalized spacial score (nSPS) is 13.4. The molecule has 0 spiro atoms. The fraction of sp³-hybridized carbons (Fsp3) is 0.261. The van der Waals surface area contributed by atoms with Crippen LogP contribution in [0.2, 0.25) is 0 Å². The Morgan fingerprint density at radius 3 is 2.54 bits per heavy atom. The molecule has 0 saturated carbocycles. The van der Waals surface area contributed by atoms with E-state index in [1.807, 2.05) is 24.4 Å². The van der Waals surface area contributed by atoms with Crippen LogP contribution < -0.4 is 0 Å². The van der Waals surface area contributed by atoms with E-state index in [0.717, 1.165) is 18.9 Å². The molecule has 0 aromatic heterocycles. The van der Waals surface area contributed by atoms with E-state index in [1.165, 1.54) is 22.4 Å². The molecule has 0 aliphatic carbocycles. The van der Waals surface area contributed by atoms with Gasteiger partial charge in [-0.1, -0.05) is 60.7 Å².